The summed E-state index contributed by atoms with van der Waals surface area (Å²) in [6.45, 7) is 0.596. The Kier molecular flexibility index (Phi) is 6.69. The number of alkyl carbamates (subject to hydrolysis) is 1. The van der Waals surface area contributed by atoms with Gasteiger partial charge in [-0.3, -0.25) is 10.1 Å². The minimum atomic E-state index is -0.492. The number of hydrogen-bond acceptors (Lipinski definition) is 5. The molecule has 1 aliphatic rings. The van der Waals surface area contributed by atoms with E-state index in [9.17, 15) is 14.9 Å². The highest BCUT2D eigenvalue weighted by Gasteiger charge is 2.28. The predicted octanol–water partition coefficient (Wildman–Crippen LogP) is 5.55. The van der Waals surface area contributed by atoms with E-state index in [0.717, 1.165) is 11.1 Å². The average Bonchev–Trinajstić information content (AvgIpc) is 3.16. The fourth-order valence-corrected chi connectivity index (χ4v) is 4.15. The van der Waals surface area contributed by atoms with Gasteiger partial charge in [0.2, 0.25) is 0 Å². The maximum absolute atomic E-state index is 12.2. The summed E-state index contributed by atoms with van der Waals surface area (Å²) in [5.74, 6) is 0.430. The van der Waals surface area contributed by atoms with E-state index < -0.39 is 11.0 Å². The lowest BCUT2D eigenvalue weighted by molar-refractivity contribution is -0.385. The molecule has 1 N–H and O–H groups in total. The van der Waals surface area contributed by atoms with E-state index in [-0.39, 0.29) is 18.2 Å². The number of benzene rings is 3. The summed E-state index contributed by atoms with van der Waals surface area (Å²) < 4.78 is 10.7. The number of carbonyl (C=O) groups excluding carboxylic acids is 1. The van der Waals surface area contributed by atoms with Gasteiger partial charge in [0.25, 0.3) is 5.69 Å². The van der Waals surface area contributed by atoms with Gasteiger partial charge in [-0.2, -0.15) is 0 Å². The number of rotatable bonds is 8. The summed E-state index contributed by atoms with van der Waals surface area (Å²) in [5.41, 5.74) is 5.04. The number of methoxy groups -OCH3 is 1. The minimum absolute atomic E-state index is 0.00846. The number of nitro groups is 1. The summed E-state index contributed by atoms with van der Waals surface area (Å²) in [7, 11) is 1.47. The third-order valence-electron chi connectivity index (χ3n) is 5.67. The van der Waals surface area contributed by atoms with Crippen LogP contribution in [0.5, 0.6) is 5.75 Å². The lowest BCUT2D eigenvalue weighted by atomic mass is 9.98. The molecule has 0 atom stereocenters. The third-order valence-corrected chi connectivity index (χ3v) is 5.67. The largest absolute Gasteiger partial charge is 0.496 e. The molecular weight excluding hydrogens is 420 g/mol. The minimum Gasteiger partial charge on any atom is -0.496 e. The first-order valence-electron chi connectivity index (χ1n) is 10.7. The maximum Gasteiger partial charge on any atom is 0.407 e. The Morgan fingerprint density at radius 1 is 1.03 bits per heavy atom. The highest BCUT2D eigenvalue weighted by molar-refractivity contribution is 5.79. The van der Waals surface area contributed by atoms with Gasteiger partial charge in [-0.25, -0.2) is 4.79 Å². The van der Waals surface area contributed by atoms with Crippen molar-refractivity contribution in [2.24, 2.45) is 0 Å². The van der Waals surface area contributed by atoms with Gasteiger partial charge in [-0.15, -0.1) is 0 Å². The SMILES string of the molecule is COc1cccc([N+](=O)[O-])c1C=CCCNC(=O)OCC1c2ccccc2-c2ccccc21. The van der Waals surface area contributed by atoms with Crippen molar-refractivity contribution in [2.75, 3.05) is 20.3 Å². The molecule has 4 rings (SSSR count). The molecule has 0 spiro atoms. The Morgan fingerprint density at radius 3 is 2.33 bits per heavy atom. The second-order valence-corrected chi connectivity index (χ2v) is 7.59. The van der Waals surface area contributed by atoms with Crippen molar-refractivity contribution in [1.29, 1.82) is 0 Å². The fourth-order valence-electron chi connectivity index (χ4n) is 4.15. The van der Waals surface area contributed by atoms with Crippen LogP contribution in [0.4, 0.5) is 10.5 Å². The molecule has 0 fully saturated rings. The van der Waals surface area contributed by atoms with Gasteiger partial charge in [0.1, 0.15) is 12.4 Å². The molecule has 0 bridgehead atoms. The number of carbonyl (C=O) groups is 1. The fraction of sp³-hybridized carbons (Fsp3) is 0.192. The number of fused-ring (bicyclic) bond motifs is 3. The molecule has 7 heteroatoms. The van der Waals surface area contributed by atoms with Crippen molar-refractivity contribution < 1.29 is 19.2 Å². The molecule has 0 heterocycles. The molecule has 168 valence electrons. The predicted molar refractivity (Wildman–Crippen MR) is 126 cm³/mol. The zero-order valence-corrected chi connectivity index (χ0v) is 18.2. The topological polar surface area (TPSA) is 90.7 Å². The van der Waals surface area contributed by atoms with Crippen molar-refractivity contribution in [3.05, 3.63) is 99.6 Å². The van der Waals surface area contributed by atoms with E-state index in [1.54, 1.807) is 24.3 Å². The van der Waals surface area contributed by atoms with Crippen molar-refractivity contribution in [2.45, 2.75) is 12.3 Å². The van der Waals surface area contributed by atoms with Crippen LogP contribution < -0.4 is 10.1 Å². The Hall–Kier alpha value is -4.13. The molecule has 3 aromatic carbocycles. The van der Waals surface area contributed by atoms with Gasteiger partial charge in [0.15, 0.2) is 0 Å². The second-order valence-electron chi connectivity index (χ2n) is 7.59. The molecule has 7 nitrogen and oxygen atoms in total. The molecule has 0 aromatic heterocycles. The lowest BCUT2D eigenvalue weighted by Gasteiger charge is -2.14. The number of nitrogens with zero attached hydrogens (tertiary/aromatic N) is 1. The molecular formula is C26H24N2O5. The Bertz CT molecular complexity index is 1160. The van der Waals surface area contributed by atoms with E-state index in [1.807, 2.05) is 24.3 Å². The highest BCUT2D eigenvalue weighted by Crippen LogP contribution is 2.44. The van der Waals surface area contributed by atoms with E-state index in [0.29, 0.717) is 24.3 Å². The van der Waals surface area contributed by atoms with E-state index in [4.69, 9.17) is 9.47 Å². The van der Waals surface area contributed by atoms with Gasteiger partial charge in [-0.05, 0) is 40.8 Å². The van der Waals surface area contributed by atoms with Crippen LogP contribution in [0.25, 0.3) is 17.2 Å². The molecule has 0 saturated carbocycles. The smallest absolute Gasteiger partial charge is 0.407 e. The van der Waals surface area contributed by atoms with Crippen LogP contribution in [0.2, 0.25) is 0 Å². The van der Waals surface area contributed by atoms with Crippen LogP contribution in [0.1, 0.15) is 29.0 Å². The van der Waals surface area contributed by atoms with Gasteiger partial charge in [0.05, 0.1) is 17.6 Å². The molecule has 0 saturated heterocycles. The standard InChI is InChI=1S/C26H24N2O5/c1-32-25-15-8-14-24(28(30)31)22(25)13-6-7-16-27-26(29)33-17-23-20-11-4-2-9-18(20)19-10-3-5-12-21(19)23/h2-6,8-15,23H,7,16-17H2,1H3,(H,27,29). The zero-order valence-electron chi connectivity index (χ0n) is 18.2. The maximum atomic E-state index is 12.2. The molecule has 3 aromatic rings. The van der Waals surface area contributed by atoms with Crippen molar-refractivity contribution in [3.63, 3.8) is 0 Å². The highest BCUT2D eigenvalue weighted by atomic mass is 16.6. The number of nitro benzene ring substituents is 1. The second kappa shape index (κ2) is 9.99. The van der Waals surface area contributed by atoms with Crippen LogP contribution in [0, 0.1) is 10.1 Å². The van der Waals surface area contributed by atoms with Crippen molar-refractivity contribution >= 4 is 17.9 Å². The van der Waals surface area contributed by atoms with Gasteiger partial charge in [-0.1, -0.05) is 60.7 Å². The van der Waals surface area contributed by atoms with Crippen LogP contribution >= 0.6 is 0 Å². The summed E-state index contributed by atoms with van der Waals surface area (Å²) in [6, 6.07) is 21.0. The summed E-state index contributed by atoms with van der Waals surface area (Å²) >= 11 is 0. The lowest BCUT2D eigenvalue weighted by Crippen LogP contribution is -2.26. The van der Waals surface area contributed by atoms with Crippen LogP contribution in [-0.2, 0) is 4.74 Å². The number of hydrogen-bond donors (Lipinski definition) is 1. The molecule has 1 amide bonds. The van der Waals surface area contributed by atoms with Gasteiger partial charge >= 0.3 is 6.09 Å². The van der Waals surface area contributed by atoms with Crippen LogP contribution in [0.15, 0.2) is 72.8 Å². The normalized spacial score (nSPS) is 12.3. The summed E-state index contributed by atoms with van der Waals surface area (Å²) in [4.78, 5) is 23.0. The quantitative estimate of drug-likeness (QED) is 0.280. The van der Waals surface area contributed by atoms with E-state index in [1.165, 1.54) is 24.3 Å². The molecule has 0 radical (unpaired) electrons. The third kappa shape index (κ3) is 4.72. The Morgan fingerprint density at radius 2 is 1.70 bits per heavy atom. The number of amides is 1. The van der Waals surface area contributed by atoms with Crippen molar-refractivity contribution in [3.8, 4) is 16.9 Å². The first kappa shape index (κ1) is 22.1. The zero-order chi connectivity index (χ0) is 23.2. The summed E-state index contributed by atoms with van der Waals surface area (Å²) in [6.07, 6.45) is 3.39. The Balaban J connectivity index is 1.31. The van der Waals surface area contributed by atoms with Gasteiger partial charge < -0.3 is 14.8 Å². The first-order valence-corrected chi connectivity index (χ1v) is 10.7. The molecule has 0 aliphatic heterocycles. The summed E-state index contributed by atoms with van der Waals surface area (Å²) in [5, 5.41) is 14.0. The van der Waals surface area contributed by atoms with Crippen molar-refractivity contribution in [1.82, 2.24) is 5.32 Å². The first-order chi connectivity index (χ1) is 16.1. The molecule has 0 unspecified atom stereocenters. The van der Waals surface area contributed by atoms with E-state index in [2.05, 4.69) is 29.6 Å². The monoisotopic (exact) mass is 444 g/mol. The Labute approximate surface area is 191 Å². The van der Waals surface area contributed by atoms with Crippen LogP contribution in [-0.4, -0.2) is 31.3 Å². The average molecular weight is 444 g/mol. The molecule has 1 aliphatic carbocycles. The number of nitrogens with one attached hydrogen (secondary N) is 1. The van der Waals surface area contributed by atoms with E-state index >= 15 is 0 Å². The van der Waals surface area contributed by atoms with Crippen LogP contribution in [0.3, 0.4) is 0 Å². The van der Waals surface area contributed by atoms with Gasteiger partial charge in [0, 0.05) is 18.5 Å². The number of ether oxygens (including phenoxy) is 2. The molecule has 33 heavy (non-hydrogen) atoms.